The number of halogens is 1. The van der Waals surface area contributed by atoms with Gasteiger partial charge in [-0.05, 0) is 41.7 Å². The van der Waals surface area contributed by atoms with Crippen LogP contribution in [0.15, 0.2) is 46.9 Å². The molecule has 0 saturated carbocycles. The summed E-state index contributed by atoms with van der Waals surface area (Å²) in [4.78, 5) is 0. The van der Waals surface area contributed by atoms with E-state index < -0.39 is 0 Å². The predicted octanol–water partition coefficient (Wildman–Crippen LogP) is 3.87. The van der Waals surface area contributed by atoms with Crippen LogP contribution in [0, 0.1) is 6.92 Å². The van der Waals surface area contributed by atoms with Crippen LogP contribution in [0.4, 0.5) is 0 Å². The van der Waals surface area contributed by atoms with E-state index in [1.165, 1.54) is 16.7 Å². The van der Waals surface area contributed by atoms with Crippen LogP contribution in [0.3, 0.4) is 0 Å². The molecule has 1 atom stereocenters. The molecule has 100 valence electrons. The SMILES string of the molecule is CCc1cccc(C(NN)c2ccc(C)c(Br)c2)c1. The van der Waals surface area contributed by atoms with Crippen LogP contribution in [0.1, 0.15) is 35.2 Å². The van der Waals surface area contributed by atoms with Crippen molar-refractivity contribution >= 4 is 15.9 Å². The molecule has 0 aliphatic heterocycles. The Kier molecular flexibility index (Phi) is 4.75. The molecule has 2 rings (SSSR count). The Bertz CT molecular complexity index is 566. The molecule has 19 heavy (non-hydrogen) atoms. The number of benzene rings is 2. The van der Waals surface area contributed by atoms with Crippen molar-refractivity contribution in [1.29, 1.82) is 0 Å². The first-order valence-corrected chi connectivity index (χ1v) is 7.26. The second kappa shape index (κ2) is 6.33. The number of hydrogen-bond acceptors (Lipinski definition) is 2. The largest absolute Gasteiger partial charge is 0.271 e. The molecule has 2 nitrogen and oxygen atoms in total. The minimum absolute atomic E-state index is 0.0170. The molecule has 0 aromatic heterocycles. The Morgan fingerprint density at radius 3 is 2.53 bits per heavy atom. The Morgan fingerprint density at radius 1 is 1.16 bits per heavy atom. The quantitative estimate of drug-likeness (QED) is 0.663. The average molecular weight is 319 g/mol. The zero-order valence-corrected chi connectivity index (χ0v) is 12.9. The summed E-state index contributed by atoms with van der Waals surface area (Å²) in [6.45, 7) is 4.24. The summed E-state index contributed by atoms with van der Waals surface area (Å²) in [6, 6.07) is 14.9. The lowest BCUT2D eigenvalue weighted by Crippen LogP contribution is -2.28. The van der Waals surface area contributed by atoms with Crippen LogP contribution in [0.2, 0.25) is 0 Å². The Balaban J connectivity index is 2.40. The van der Waals surface area contributed by atoms with Gasteiger partial charge in [0.1, 0.15) is 0 Å². The van der Waals surface area contributed by atoms with Crippen LogP contribution < -0.4 is 11.3 Å². The first-order chi connectivity index (χ1) is 9.15. The monoisotopic (exact) mass is 318 g/mol. The van der Waals surface area contributed by atoms with Crippen LogP contribution >= 0.6 is 15.9 Å². The smallest absolute Gasteiger partial charge is 0.0710 e. The zero-order valence-electron chi connectivity index (χ0n) is 11.3. The Hall–Kier alpha value is -1.16. The lowest BCUT2D eigenvalue weighted by molar-refractivity contribution is 0.636. The lowest BCUT2D eigenvalue weighted by Gasteiger charge is -2.18. The number of aryl methyl sites for hydroxylation is 2. The van der Waals surface area contributed by atoms with Gasteiger partial charge in [-0.15, -0.1) is 0 Å². The highest BCUT2D eigenvalue weighted by atomic mass is 79.9. The molecular formula is C16H19BrN2. The van der Waals surface area contributed by atoms with E-state index in [4.69, 9.17) is 5.84 Å². The molecule has 0 bridgehead atoms. The first kappa shape index (κ1) is 14.3. The molecule has 0 fully saturated rings. The normalized spacial score (nSPS) is 12.4. The van der Waals surface area contributed by atoms with Crippen molar-refractivity contribution in [2.75, 3.05) is 0 Å². The first-order valence-electron chi connectivity index (χ1n) is 6.46. The minimum Gasteiger partial charge on any atom is -0.271 e. The Morgan fingerprint density at radius 2 is 1.89 bits per heavy atom. The van der Waals surface area contributed by atoms with Gasteiger partial charge in [-0.1, -0.05) is 59.3 Å². The van der Waals surface area contributed by atoms with Crippen LogP contribution in [-0.4, -0.2) is 0 Å². The standard InChI is InChI=1S/C16H19BrN2/c1-3-12-5-4-6-13(9-12)16(19-18)14-8-7-11(2)15(17)10-14/h4-10,16,19H,3,18H2,1-2H3. The second-order valence-corrected chi connectivity index (χ2v) is 5.56. The van der Waals surface area contributed by atoms with Crippen molar-refractivity contribution in [3.05, 3.63) is 69.2 Å². The van der Waals surface area contributed by atoms with Crippen LogP contribution in [0.25, 0.3) is 0 Å². The maximum Gasteiger partial charge on any atom is 0.0710 e. The maximum atomic E-state index is 5.75. The number of rotatable bonds is 4. The molecule has 1 unspecified atom stereocenters. The highest BCUT2D eigenvalue weighted by Crippen LogP contribution is 2.26. The highest BCUT2D eigenvalue weighted by molar-refractivity contribution is 9.10. The topological polar surface area (TPSA) is 38.0 Å². The summed E-state index contributed by atoms with van der Waals surface area (Å²) in [7, 11) is 0. The number of hydrogen-bond donors (Lipinski definition) is 2. The molecule has 0 saturated heterocycles. The second-order valence-electron chi connectivity index (χ2n) is 4.71. The Labute approximate surface area is 123 Å². The van der Waals surface area contributed by atoms with Crippen molar-refractivity contribution in [3.63, 3.8) is 0 Å². The van der Waals surface area contributed by atoms with Gasteiger partial charge in [0.25, 0.3) is 0 Å². The summed E-state index contributed by atoms with van der Waals surface area (Å²) in [6.07, 6.45) is 1.03. The molecule has 0 amide bonds. The van der Waals surface area contributed by atoms with Gasteiger partial charge < -0.3 is 0 Å². The molecule has 2 aromatic carbocycles. The number of hydrazine groups is 1. The number of nitrogens with one attached hydrogen (secondary N) is 1. The third-order valence-corrected chi connectivity index (χ3v) is 4.24. The van der Waals surface area contributed by atoms with E-state index in [1.807, 2.05) is 0 Å². The fourth-order valence-corrected chi connectivity index (χ4v) is 2.56. The molecule has 0 aliphatic rings. The molecule has 3 heteroatoms. The van der Waals surface area contributed by atoms with E-state index in [0.29, 0.717) is 0 Å². The lowest BCUT2D eigenvalue weighted by atomic mass is 9.96. The third kappa shape index (κ3) is 3.24. The van der Waals surface area contributed by atoms with E-state index in [1.54, 1.807) is 0 Å². The summed E-state index contributed by atoms with van der Waals surface area (Å²) in [5.41, 5.74) is 7.81. The van der Waals surface area contributed by atoms with E-state index in [2.05, 4.69) is 77.7 Å². The van der Waals surface area contributed by atoms with Gasteiger partial charge in [-0.25, -0.2) is 5.43 Å². The average Bonchev–Trinajstić information content (AvgIpc) is 2.44. The van der Waals surface area contributed by atoms with E-state index in [0.717, 1.165) is 16.5 Å². The van der Waals surface area contributed by atoms with Gasteiger partial charge in [-0.3, -0.25) is 5.84 Å². The summed E-state index contributed by atoms with van der Waals surface area (Å²) >= 11 is 3.58. The molecule has 3 N–H and O–H groups in total. The molecule has 2 aromatic rings. The highest BCUT2D eigenvalue weighted by Gasteiger charge is 2.13. The van der Waals surface area contributed by atoms with Gasteiger partial charge in [0.05, 0.1) is 6.04 Å². The van der Waals surface area contributed by atoms with Crippen molar-refractivity contribution in [3.8, 4) is 0 Å². The van der Waals surface area contributed by atoms with Gasteiger partial charge >= 0.3 is 0 Å². The van der Waals surface area contributed by atoms with Gasteiger partial charge in [-0.2, -0.15) is 0 Å². The van der Waals surface area contributed by atoms with Crippen molar-refractivity contribution in [2.45, 2.75) is 26.3 Å². The van der Waals surface area contributed by atoms with Crippen molar-refractivity contribution < 1.29 is 0 Å². The fraction of sp³-hybridized carbons (Fsp3) is 0.250. The van der Waals surface area contributed by atoms with Gasteiger partial charge in [0.15, 0.2) is 0 Å². The zero-order chi connectivity index (χ0) is 13.8. The van der Waals surface area contributed by atoms with E-state index >= 15 is 0 Å². The molecule has 0 spiro atoms. The van der Waals surface area contributed by atoms with Crippen LogP contribution in [-0.2, 0) is 6.42 Å². The van der Waals surface area contributed by atoms with Crippen molar-refractivity contribution in [1.82, 2.24) is 5.43 Å². The summed E-state index contributed by atoms with van der Waals surface area (Å²) in [5.74, 6) is 5.75. The fourth-order valence-electron chi connectivity index (χ4n) is 2.17. The predicted molar refractivity (Wildman–Crippen MR) is 83.9 cm³/mol. The minimum atomic E-state index is 0.0170. The molecule has 0 aliphatic carbocycles. The van der Waals surface area contributed by atoms with Gasteiger partial charge in [0, 0.05) is 4.47 Å². The van der Waals surface area contributed by atoms with Crippen molar-refractivity contribution in [2.24, 2.45) is 5.84 Å². The van der Waals surface area contributed by atoms with E-state index in [9.17, 15) is 0 Å². The van der Waals surface area contributed by atoms with E-state index in [-0.39, 0.29) is 6.04 Å². The summed E-state index contributed by atoms with van der Waals surface area (Å²) < 4.78 is 1.11. The van der Waals surface area contributed by atoms with Crippen LogP contribution in [0.5, 0.6) is 0 Å². The number of nitrogens with two attached hydrogens (primary N) is 1. The van der Waals surface area contributed by atoms with Gasteiger partial charge in [0.2, 0.25) is 0 Å². The summed E-state index contributed by atoms with van der Waals surface area (Å²) in [5, 5.41) is 0. The third-order valence-electron chi connectivity index (χ3n) is 3.39. The maximum absolute atomic E-state index is 5.75. The molecule has 0 radical (unpaired) electrons. The molecule has 0 heterocycles. The molecular weight excluding hydrogens is 300 g/mol.